The van der Waals surface area contributed by atoms with E-state index in [-0.39, 0.29) is 0 Å². The van der Waals surface area contributed by atoms with Crippen molar-refractivity contribution in [2.45, 2.75) is 6.92 Å². The molecule has 0 spiro atoms. The molecule has 1 aromatic carbocycles. The van der Waals surface area contributed by atoms with Gasteiger partial charge in [0.2, 0.25) is 0 Å². The third kappa shape index (κ3) is 2.40. The van der Waals surface area contributed by atoms with Gasteiger partial charge in [0.15, 0.2) is 0 Å². The first-order valence-electron chi connectivity index (χ1n) is 6.56. The van der Waals surface area contributed by atoms with Gasteiger partial charge in [-0.1, -0.05) is 12.1 Å². The average molecular weight is 265 g/mol. The Morgan fingerprint density at radius 2 is 2.05 bits per heavy atom. The summed E-state index contributed by atoms with van der Waals surface area (Å²) in [6, 6.07) is 13.8. The molecule has 0 fully saturated rings. The molecule has 1 N–H and O–H groups in total. The van der Waals surface area contributed by atoms with Gasteiger partial charge in [-0.3, -0.25) is 10.1 Å². The van der Waals surface area contributed by atoms with E-state index in [2.05, 4.69) is 15.2 Å². The number of H-pyrrole nitrogens is 1. The Hall–Kier alpha value is -2.62. The molecular weight excluding hydrogens is 250 g/mol. The van der Waals surface area contributed by atoms with Crippen molar-refractivity contribution in [3.05, 3.63) is 54.9 Å². The van der Waals surface area contributed by atoms with Crippen molar-refractivity contribution in [1.82, 2.24) is 15.2 Å². The van der Waals surface area contributed by atoms with Crippen LogP contribution in [0.1, 0.15) is 6.92 Å². The summed E-state index contributed by atoms with van der Waals surface area (Å²) in [5.41, 5.74) is 3.81. The maximum Gasteiger partial charge on any atom is 0.128 e. The van der Waals surface area contributed by atoms with Crippen LogP contribution >= 0.6 is 0 Å². The van der Waals surface area contributed by atoms with Crippen LogP contribution in [0.5, 0.6) is 5.75 Å². The van der Waals surface area contributed by atoms with Gasteiger partial charge >= 0.3 is 0 Å². The second-order valence-electron chi connectivity index (χ2n) is 4.34. The number of aromatic amines is 1. The predicted octanol–water partition coefficient (Wildman–Crippen LogP) is 3.54. The van der Waals surface area contributed by atoms with Gasteiger partial charge in [0.1, 0.15) is 5.75 Å². The van der Waals surface area contributed by atoms with Crippen LogP contribution in [-0.2, 0) is 0 Å². The Bertz CT molecular complexity index is 692. The molecule has 0 unspecified atom stereocenters. The third-order valence-electron chi connectivity index (χ3n) is 3.01. The number of pyridine rings is 1. The Kier molecular flexibility index (Phi) is 3.46. The fourth-order valence-corrected chi connectivity index (χ4v) is 2.09. The highest BCUT2D eigenvalue weighted by Crippen LogP contribution is 2.30. The molecule has 0 aliphatic heterocycles. The van der Waals surface area contributed by atoms with Gasteiger partial charge in [0.25, 0.3) is 0 Å². The van der Waals surface area contributed by atoms with Crippen LogP contribution in [0.2, 0.25) is 0 Å². The van der Waals surface area contributed by atoms with Gasteiger partial charge < -0.3 is 4.74 Å². The molecule has 3 aromatic rings. The van der Waals surface area contributed by atoms with Crippen molar-refractivity contribution in [3.63, 3.8) is 0 Å². The molecule has 2 heterocycles. The zero-order valence-corrected chi connectivity index (χ0v) is 11.2. The number of benzene rings is 1. The Morgan fingerprint density at radius 3 is 2.85 bits per heavy atom. The average Bonchev–Trinajstić information content (AvgIpc) is 2.99. The molecule has 0 amide bonds. The monoisotopic (exact) mass is 265 g/mol. The molecule has 0 saturated heterocycles. The van der Waals surface area contributed by atoms with Crippen LogP contribution in [0.25, 0.3) is 22.5 Å². The number of rotatable bonds is 4. The number of para-hydroxylation sites is 1. The minimum atomic E-state index is 0.639. The molecule has 0 aliphatic rings. The molecule has 4 nitrogen and oxygen atoms in total. The maximum absolute atomic E-state index is 5.65. The van der Waals surface area contributed by atoms with Crippen molar-refractivity contribution >= 4 is 0 Å². The number of nitrogens with one attached hydrogen (secondary N) is 1. The lowest BCUT2D eigenvalue weighted by molar-refractivity contribution is 0.341. The molecule has 0 aliphatic carbocycles. The molecule has 0 bridgehead atoms. The third-order valence-corrected chi connectivity index (χ3v) is 3.01. The second-order valence-corrected chi connectivity index (χ2v) is 4.34. The molecule has 0 atom stereocenters. The summed E-state index contributed by atoms with van der Waals surface area (Å²) < 4.78 is 5.65. The molecular formula is C16H15N3O. The van der Waals surface area contributed by atoms with Gasteiger partial charge in [0, 0.05) is 23.5 Å². The van der Waals surface area contributed by atoms with Gasteiger partial charge in [-0.15, -0.1) is 0 Å². The molecule has 20 heavy (non-hydrogen) atoms. The first-order valence-corrected chi connectivity index (χ1v) is 6.56. The Labute approximate surface area is 117 Å². The topological polar surface area (TPSA) is 50.8 Å². The fourth-order valence-electron chi connectivity index (χ4n) is 2.09. The van der Waals surface area contributed by atoms with Crippen LogP contribution in [0.4, 0.5) is 0 Å². The number of aromatic nitrogens is 3. The number of nitrogens with zero attached hydrogens (tertiary/aromatic N) is 2. The van der Waals surface area contributed by atoms with E-state index in [0.29, 0.717) is 6.61 Å². The minimum absolute atomic E-state index is 0.639. The van der Waals surface area contributed by atoms with E-state index in [4.69, 9.17) is 4.74 Å². The number of ether oxygens (including phenoxy) is 1. The quantitative estimate of drug-likeness (QED) is 0.785. The van der Waals surface area contributed by atoms with E-state index < -0.39 is 0 Å². The zero-order valence-electron chi connectivity index (χ0n) is 11.2. The van der Waals surface area contributed by atoms with Crippen LogP contribution in [-0.4, -0.2) is 21.8 Å². The van der Waals surface area contributed by atoms with Crippen LogP contribution in [0, 0.1) is 0 Å². The van der Waals surface area contributed by atoms with Gasteiger partial charge in [-0.05, 0) is 37.3 Å². The van der Waals surface area contributed by atoms with E-state index in [9.17, 15) is 0 Å². The second kappa shape index (κ2) is 5.57. The Morgan fingerprint density at radius 1 is 1.15 bits per heavy atom. The summed E-state index contributed by atoms with van der Waals surface area (Å²) >= 11 is 0. The van der Waals surface area contributed by atoms with Crippen molar-refractivity contribution in [2.24, 2.45) is 0 Å². The van der Waals surface area contributed by atoms with Crippen LogP contribution in [0.15, 0.2) is 54.9 Å². The summed E-state index contributed by atoms with van der Waals surface area (Å²) in [6.45, 7) is 2.62. The summed E-state index contributed by atoms with van der Waals surface area (Å²) in [4.78, 5) is 4.11. The summed E-state index contributed by atoms with van der Waals surface area (Å²) in [6.07, 6.45) is 3.55. The van der Waals surface area contributed by atoms with E-state index in [1.165, 1.54) is 0 Å². The lowest BCUT2D eigenvalue weighted by Crippen LogP contribution is -1.93. The summed E-state index contributed by atoms with van der Waals surface area (Å²) in [5, 5.41) is 7.41. The fraction of sp³-hybridized carbons (Fsp3) is 0.125. The summed E-state index contributed by atoms with van der Waals surface area (Å²) in [7, 11) is 0. The predicted molar refractivity (Wildman–Crippen MR) is 78.4 cm³/mol. The van der Waals surface area contributed by atoms with Gasteiger partial charge in [-0.2, -0.15) is 5.10 Å². The lowest BCUT2D eigenvalue weighted by atomic mass is 10.1. The standard InChI is InChI=1S/C16H15N3O/c1-2-20-16-8-4-3-7-13(16)15-10-14(18-19-15)12-6-5-9-17-11-12/h3-11H,2H2,1H3,(H,18,19). The van der Waals surface area contributed by atoms with E-state index in [1.807, 2.05) is 49.4 Å². The molecule has 100 valence electrons. The lowest BCUT2D eigenvalue weighted by Gasteiger charge is -2.07. The molecule has 2 aromatic heterocycles. The van der Waals surface area contributed by atoms with E-state index >= 15 is 0 Å². The normalized spacial score (nSPS) is 10.4. The van der Waals surface area contributed by atoms with Crippen LogP contribution in [0.3, 0.4) is 0 Å². The minimum Gasteiger partial charge on any atom is -0.493 e. The molecule has 4 heteroatoms. The highest BCUT2D eigenvalue weighted by molar-refractivity contribution is 5.71. The number of hydrogen-bond acceptors (Lipinski definition) is 3. The van der Waals surface area contributed by atoms with Gasteiger partial charge in [-0.25, -0.2) is 0 Å². The summed E-state index contributed by atoms with van der Waals surface area (Å²) in [5.74, 6) is 0.858. The Balaban J connectivity index is 1.98. The van der Waals surface area contributed by atoms with E-state index in [1.54, 1.807) is 12.4 Å². The first-order chi connectivity index (χ1) is 9.88. The van der Waals surface area contributed by atoms with Crippen LogP contribution < -0.4 is 4.74 Å². The highest BCUT2D eigenvalue weighted by Gasteiger charge is 2.09. The first kappa shape index (κ1) is 12.4. The van der Waals surface area contributed by atoms with Crippen molar-refractivity contribution in [1.29, 1.82) is 0 Å². The molecule has 0 saturated carbocycles. The smallest absolute Gasteiger partial charge is 0.128 e. The van der Waals surface area contributed by atoms with Crippen molar-refractivity contribution in [3.8, 4) is 28.3 Å². The van der Waals surface area contributed by atoms with Crippen molar-refractivity contribution in [2.75, 3.05) is 6.61 Å². The molecule has 0 radical (unpaired) electrons. The SMILES string of the molecule is CCOc1ccccc1-c1cc(-c2cccnc2)n[nH]1. The largest absolute Gasteiger partial charge is 0.493 e. The number of hydrogen-bond donors (Lipinski definition) is 1. The van der Waals surface area contributed by atoms with E-state index in [0.717, 1.165) is 28.3 Å². The molecule has 3 rings (SSSR count). The van der Waals surface area contributed by atoms with Crippen molar-refractivity contribution < 1.29 is 4.74 Å². The maximum atomic E-state index is 5.65. The highest BCUT2D eigenvalue weighted by atomic mass is 16.5. The van der Waals surface area contributed by atoms with Gasteiger partial charge in [0.05, 0.1) is 18.0 Å². The zero-order chi connectivity index (χ0) is 13.8.